The third-order valence-corrected chi connectivity index (χ3v) is 4.62. The van der Waals surface area contributed by atoms with E-state index in [-0.39, 0.29) is 0 Å². The molecule has 0 spiro atoms. The minimum absolute atomic E-state index is 0.330. The Labute approximate surface area is 161 Å². The molecule has 3 rings (SSSR count). The zero-order valence-electron chi connectivity index (χ0n) is 14.5. The Morgan fingerprint density at radius 1 is 0.962 bits per heavy atom. The van der Waals surface area contributed by atoms with Gasteiger partial charge in [-0.15, -0.1) is 0 Å². The molecule has 0 saturated heterocycles. The second-order valence-electron chi connectivity index (χ2n) is 5.81. The number of aromatic nitrogens is 2. The van der Waals surface area contributed by atoms with Crippen molar-refractivity contribution in [1.82, 2.24) is 9.97 Å². The first-order valence-electron chi connectivity index (χ1n) is 7.82. The Morgan fingerprint density at radius 2 is 1.46 bits per heavy atom. The minimum Gasteiger partial charge on any atom is -0.496 e. The van der Waals surface area contributed by atoms with Gasteiger partial charge in [0.25, 0.3) is 0 Å². The van der Waals surface area contributed by atoms with Crippen molar-refractivity contribution in [3.05, 3.63) is 75.3 Å². The van der Waals surface area contributed by atoms with E-state index in [1.165, 1.54) is 14.2 Å². The smallest absolute Gasteiger partial charge is 0.180 e. The number of imidazole rings is 1. The molecule has 0 fully saturated rings. The van der Waals surface area contributed by atoms with E-state index in [2.05, 4.69) is 9.97 Å². The van der Waals surface area contributed by atoms with Gasteiger partial charge in [0.15, 0.2) is 5.60 Å². The number of hydrogen-bond acceptors (Lipinski definition) is 4. The summed E-state index contributed by atoms with van der Waals surface area (Å²) in [6.45, 7) is 1.86. The lowest BCUT2D eigenvalue weighted by molar-refractivity contribution is 0.109. The summed E-state index contributed by atoms with van der Waals surface area (Å²) in [5.74, 6) is 1.17. The average Bonchev–Trinajstić information content (AvgIpc) is 3.07. The zero-order chi connectivity index (χ0) is 18.9. The van der Waals surface area contributed by atoms with Crippen LogP contribution in [-0.2, 0) is 5.60 Å². The minimum atomic E-state index is -1.67. The van der Waals surface area contributed by atoms with Crippen LogP contribution in [-0.4, -0.2) is 29.3 Å². The molecule has 2 aromatic carbocycles. The largest absolute Gasteiger partial charge is 0.496 e. The number of halogens is 2. The highest BCUT2D eigenvalue weighted by atomic mass is 35.5. The molecule has 136 valence electrons. The maximum atomic E-state index is 11.9. The quantitative estimate of drug-likeness (QED) is 0.677. The molecule has 0 amide bonds. The number of aliphatic hydroxyl groups is 1. The summed E-state index contributed by atoms with van der Waals surface area (Å²) in [5, 5.41) is 12.9. The molecule has 0 aliphatic carbocycles. The first-order chi connectivity index (χ1) is 12.4. The van der Waals surface area contributed by atoms with Crippen LogP contribution in [0.3, 0.4) is 0 Å². The molecule has 26 heavy (non-hydrogen) atoms. The number of aromatic amines is 1. The van der Waals surface area contributed by atoms with Gasteiger partial charge >= 0.3 is 0 Å². The molecule has 0 unspecified atom stereocenters. The lowest BCUT2D eigenvalue weighted by Crippen LogP contribution is -2.31. The summed E-state index contributed by atoms with van der Waals surface area (Å²) in [5.41, 5.74) is 0.0816. The van der Waals surface area contributed by atoms with Crippen LogP contribution in [0.5, 0.6) is 11.5 Å². The summed E-state index contributed by atoms with van der Waals surface area (Å²) in [6, 6.07) is 10.0. The van der Waals surface area contributed by atoms with Gasteiger partial charge in [-0.2, -0.15) is 0 Å². The average molecular weight is 393 g/mol. The predicted molar refractivity (Wildman–Crippen MR) is 101 cm³/mol. The normalized spacial score (nSPS) is 11.5. The van der Waals surface area contributed by atoms with E-state index in [1.807, 2.05) is 6.92 Å². The van der Waals surface area contributed by atoms with E-state index in [0.717, 1.165) is 5.69 Å². The molecule has 0 aliphatic rings. The fourth-order valence-corrected chi connectivity index (χ4v) is 3.25. The highest BCUT2D eigenvalue weighted by Crippen LogP contribution is 2.44. The Hall–Kier alpha value is -2.21. The predicted octanol–water partition coefficient (Wildman–Crippen LogP) is 4.33. The van der Waals surface area contributed by atoms with Crippen molar-refractivity contribution in [2.45, 2.75) is 12.5 Å². The molecule has 2 N–H and O–H groups in total. The van der Waals surface area contributed by atoms with Crippen LogP contribution in [0.1, 0.15) is 22.6 Å². The van der Waals surface area contributed by atoms with Gasteiger partial charge in [-0.1, -0.05) is 35.3 Å². The highest BCUT2D eigenvalue weighted by Gasteiger charge is 2.41. The van der Waals surface area contributed by atoms with Crippen LogP contribution in [0.15, 0.2) is 42.6 Å². The van der Waals surface area contributed by atoms with Gasteiger partial charge in [0.2, 0.25) is 0 Å². The van der Waals surface area contributed by atoms with Crippen molar-refractivity contribution in [2.75, 3.05) is 14.2 Å². The van der Waals surface area contributed by atoms with E-state index in [4.69, 9.17) is 32.7 Å². The number of benzene rings is 2. The third kappa shape index (κ3) is 3.14. The topological polar surface area (TPSA) is 67.4 Å². The summed E-state index contributed by atoms with van der Waals surface area (Å²) in [7, 11) is 3.03. The molecule has 3 aromatic rings. The number of methoxy groups -OCH3 is 2. The zero-order valence-corrected chi connectivity index (χ0v) is 16.0. The fourth-order valence-electron chi connectivity index (χ4n) is 2.92. The molecule has 0 atom stereocenters. The standard InChI is InChI=1S/C19H18Cl2N2O3/c1-11-10-22-18(23-11)19(24,14-6-4-12(20)8-16(14)25-2)15-7-5-13(21)9-17(15)26-3/h4-10,24H,1-3H3,(H,22,23). The first kappa shape index (κ1) is 18.6. The van der Waals surface area contributed by atoms with Crippen molar-refractivity contribution >= 4 is 23.2 Å². The number of H-pyrrole nitrogens is 1. The summed E-state index contributed by atoms with van der Waals surface area (Å²) >= 11 is 12.2. The molecule has 5 nitrogen and oxygen atoms in total. The molecular weight excluding hydrogens is 375 g/mol. The number of nitrogens with one attached hydrogen (secondary N) is 1. The molecule has 0 saturated carbocycles. The van der Waals surface area contributed by atoms with E-state index in [0.29, 0.717) is 38.5 Å². The SMILES string of the molecule is COc1cc(Cl)ccc1C(O)(c1ncc(C)[nH]1)c1ccc(Cl)cc1OC. The second-order valence-corrected chi connectivity index (χ2v) is 6.69. The number of rotatable bonds is 5. The lowest BCUT2D eigenvalue weighted by Gasteiger charge is -2.30. The van der Waals surface area contributed by atoms with Crippen molar-refractivity contribution < 1.29 is 14.6 Å². The molecule has 1 aromatic heterocycles. The second kappa shape index (κ2) is 7.19. The molecular formula is C19H18Cl2N2O3. The van der Waals surface area contributed by atoms with Gasteiger partial charge in [-0.3, -0.25) is 0 Å². The van der Waals surface area contributed by atoms with Crippen LogP contribution in [0, 0.1) is 6.92 Å². The van der Waals surface area contributed by atoms with Gasteiger partial charge in [-0.05, 0) is 31.2 Å². The Bertz CT molecular complexity index is 887. The number of ether oxygens (including phenoxy) is 2. The first-order valence-corrected chi connectivity index (χ1v) is 8.58. The molecule has 0 bridgehead atoms. The Kier molecular flexibility index (Phi) is 5.14. The van der Waals surface area contributed by atoms with Crippen molar-refractivity contribution in [3.63, 3.8) is 0 Å². The molecule has 7 heteroatoms. The van der Waals surface area contributed by atoms with Gasteiger partial charge < -0.3 is 19.6 Å². The molecule has 1 heterocycles. The van der Waals surface area contributed by atoms with E-state index >= 15 is 0 Å². The summed E-state index contributed by atoms with van der Waals surface area (Å²) in [4.78, 5) is 7.46. The van der Waals surface area contributed by atoms with Crippen LogP contribution >= 0.6 is 23.2 Å². The van der Waals surface area contributed by atoms with Crippen molar-refractivity contribution in [3.8, 4) is 11.5 Å². The Morgan fingerprint density at radius 3 is 1.85 bits per heavy atom. The maximum Gasteiger partial charge on any atom is 0.180 e. The molecule has 0 aliphatic heterocycles. The maximum absolute atomic E-state index is 11.9. The fraction of sp³-hybridized carbons (Fsp3) is 0.211. The Balaban J connectivity index is 2.36. The van der Waals surface area contributed by atoms with Crippen LogP contribution < -0.4 is 9.47 Å². The van der Waals surface area contributed by atoms with Crippen molar-refractivity contribution in [1.29, 1.82) is 0 Å². The lowest BCUT2D eigenvalue weighted by atomic mass is 9.84. The third-order valence-electron chi connectivity index (χ3n) is 4.15. The van der Waals surface area contributed by atoms with E-state index in [9.17, 15) is 5.11 Å². The van der Waals surface area contributed by atoms with Crippen LogP contribution in [0.2, 0.25) is 10.0 Å². The van der Waals surface area contributed by atoms with Gasteiger partial charge in [0.05, 0.1) is 14.2 Å². The monoisotopic (exact) mass is 392 g/mol. The van der Waals surface area contributed by atoms with Crippen LogP contribution in [0.4, 0.5) is 0 Å². The highest BCUT2D eigenvalue weighted by molar-refractivity contribution is 6.31. The number of nitrogens with zero attached hydrogens (tertiary/aromatic N) is 1. The van der Waals surface area contributed by atoms with E-state index < -0.39 is 5.60 Å². The number of aryl methyl sites for hydroxylation is 1. The van der Waals surface area contributed by atoms with E-state index in [1.54, 1.807) is 42.6 Å². The van der Waals surface area contributed by atoms with Gasteiger partial charge in [0.1, 0.15) is 17.3 Å². The van der Waals surface area contributed by atoms with Crippen LogP contribution in [0.25, 0.3) is 0 Å². The van der Waals surface area contributed by atoms with Crippen molar-refractivity contribution in [2.24, 2.45) is 0 Å². The number of hydrogen-bond donors (Lipinski definition) is 2. The van der Waals surface area contributed by atoms with Gasteiger partial charge in [-0.25, -0.2) is 4.98 Å². The molecule has 0 radical (unpaired) electrons. The summed E-state index contributed by atoms with van der Waals surface area (Å²) in [6.07, 6.45) is 1.64. The summed E-state index contributed by atoms with van der Waals surface area (Å²) < 4.78 is 10.9. The van der Waals surface area contributed by atoms with Gasteiger partial charge in [0, 0.05) is 33.1 Å².